The Labute approximate surface area is 364 Å². The third kappa shape index (κ3) is 30.2. The van der Waals surface area contributed by atoms with Gasteiger partial charge < -0.3 is 40.3 Å². The number of aliphatic hydroxyl groups is 5. The van der Waals surface area contributed by atoms with Crippen molar-refractivity contribution < 1.29 is 39.8 Å². The van der Waals surface area contributed by atoms with Crippen molar-refractivity contribution >= 4 is 5.91 Å². The normalized spacial score (nSPS) is 21.5. The van der Waals surface area contributed by atoms with E-state index in [9.17, 15) is 30.3 Å². The summed E-state index contributed by atoms with van der Waals surface area (Å²) in [5.41, 5.74) is 0. The smallest absolute Gasteiger partial charge is 0.220 e. The van der Waals surface area contributed by atoms with Crippen molar-refractivity contribution in [1.82, 2.24) is 5.32 Å². The molecule has 0 bridgehead atoms. The lowest BCUT2D eigenvalue weighted by atomic mass is 9.99. The molecule has 0 aromatic rings. The number of amides is 1. The van der Waals surface area contributed by atoms with Crippen molar-refractivity contribution in [2.75, 3.05) is 13.2 Å². The molecule has 342 valence electrons. The predicted octanol–water partition coefficient (Wildman–Crippen LogP) is 10.1. The van der Waals surface area contributed by atoms with Gasteiger partial charge in [-0.25, -0.2) is 0 Å². The Balaban J connectivity index is 2.07. The SMILES string of the molecule is CC/C=C\C/C=C\C/C=C\C/C=C\C/C=C\C/C=C\C/C=C\CCCCCCCCCCCCCC(=O)NC(COC1OC(CO)C(O)C(O)C1O)C(O)/C=C/CCCC. The fourth-order valence-corrected chi connectivity index (χ4v) is 6.65. The minimum absolute atomic E-state index is 0.196. The fraction of sp³-hybridized carbons (Fsp3) is 0.667. The summed E-state index contributed by atoms with van der Waals surface area (Å²) in [4.78, 5) is 12.8. The Kier molecular flexibility index (Phi) is 36.9. The molecule has 0 spiro atoms. The number of rotatable bonds is 37. The predicted molar refractivity (Wildman–Crippen MR) is 248 cm³/mol. The monoisotopic (exact) mass is 840 g/mol. The molecule has 0 aromatic carbocycles. The van der Waals surface area contributed by atoms with Crippen molar-refractivity contribution in [3.05, 3.63) is 97.2 Å². The highest BCUT2D eigenvalue weighted by Crippen LogP contribution is 2.22. The number of hydrogen-bond donors (Lipinski definition) is 6. The van der Waals surface area contributed by atoms with Gasteiger partial charge >= 0.3 is 0 Å². The van der Waals surface area contributed by atoms with E-state index in [1.54, 1.807) is 6.08 Å². The molecule has 9 nitrogen and oxygen atoms in total. The van der Waals surface area contributed by atoms with Crippen LogP contribution < -0.4 is 5.32 Å². The van der Waals surface area contributed by atoms with Gasteiger partial charge in [0.25, 0.3) is 0 Å². The van der Waals surface area contributed by atoms with Gasteiger partial charge in [0, 0.05) is 6.42 Å². The second kappa shape index (κ2) is 40.2. The second-order valence-corrected chi connectivity index (χ2v) is 15.8. The van der Waals surface area contributed by atoms with E-state index in [0.717, 1.165) is 89.9 Å². The van der Waals surface area contributed by atoms with Crippen LogP contribution >= 0.6 is 0 Å². The summed E-state index contributed by atoms with van der Waals surface area (Å²) >= 11 is 0. The van der Waals surface area contributed by atoms with Crippen molar-refractivity contribution in [2.45, 2.75) is 204 Å². The Morgan fingerprint density at radius 2 is 1.03 bits per heavy atom. The maximum Gasteiger partial charge on any atom is 0.220 e. The summed E-state index contributed by atoms with van der Waals surface area (Å²) in [7, 11) is 0. The Hall–Kier alpha value is -2.89. The average Bonchev–Trinajstić information content (AvgIpc) is 3.25. The lowest BCUT2D eigenvalue weighted by molar-refractivity contribution is -0.302. The van der Waals surface area contributed by atoms with E-state index in [4.69, 9.17) is 9.47 Å². The largest absolute Gasteiger partial charge is 0.394 e. The first-order valence-electron chi connectivity index (χ1n) is 23.5. The van der Waals surface area contributed by atoms with Crippen molar-refractivity contribution in [3.8, 4) is 0 Å². The van der Waals surface area contributed by atoms with Crippen LogP contribution in [0.25, 0.3) is 0 Å². The molecule has 1 saturated heterocycles. The zero-order valence-corrected chi connectivity index (χ0v) is 37.4. The van der Waals surface area contributed by atoms with Gasteiger partial charge in [-0.15, -0.1) is 0 Å². The molecule has 0 radical (unpaired) electrons. The van der Waals surface area contributed by atoms with Crippen LogP contribution in [0.15, 0.2) is 97.2 Å². The fourth-order valence-electron chi connectivity index (χ4n) is 6.65. The highest BCUT2D eigenvalue weighted by Gasteiger charge is 2.44. The van der Waals surface area contributed by atoms with Crippen molar-refractivity contribution in [3.63, 3.8) is 0 Å². The number of carbonyl (C=O) groups is 1. The van der Waals surface area contributed by atoms with Gasteiger partial charge in [0.05, 0.1) is 25.4 Å². The van der Waals surface area contributed by atoms with Crippen LogP contribution in [0.5, 0.6) is 0 Å². The molecular formula is C51H85NO8. The van der Waals surface area contributed by atoms with Crippen molar-refractivity contribution in [1.29, 1.82) is 0 Å². The molecule has 9 heteroatoms. The topological polar surface area (TPSA) is 149 Å². The first kappa shape index (κ1) is 55.1. The minimum Gasteiger partial charge on any atom is -0.394 e. The van der Waals surface area contributed by atoms with Crippen LogP contribution in [-0.4, -0.2) is 87.5 Å². The van der Waals surface area contributed by atoms with E-state index in [-0.39, 0.29) is 12.5 Å². The molecule has 0 aromatic heterocycles. The Morgan fingerprint density at radius 3 is 1.52 bits per heavy atom. The lowest BCUT2D eigenvalue weighted by Crippen LogP contribution is -2.60. The molecule has 1 heterocycles. The molecule has 1 rings (SSSR count). The van der Waals surface area contributed by atoms with Gasteiger partial charge in [-0.2, -0.15) is 0 Å². The lowest BCUT2D eigenvalue weighted by Gasteiger charge is -2.40. The molecule has 1 fully saturated rings. The van der Waals surface area contributed by atoms with Crippen LogP contribution in [0.1, 0.15) is 162 Å². The van der Waals surface area contributed by atoms with E-state index in [0.29, 0.717) is 6.42 Å². The van der Waals surface area contributed by atoms with Gasteiger partial charge in [-0.1, -0.05) is 182 Å². The second-order valence-electron chi connectivity index (χ2n) is 15.8. The van der Waals surface area contributed by atoms with Crippen LogP contribution in [0.2, 0.25) is 0 Å². The van der Waals surface area contributed by atoms with E-state index >= 15 is 0 Å². The van der Waals surface area contributed by atoms with Crippen LogP contribution in [0.3, 0.4) is 0 Å². The van der Waals surface area contributed by atoms with E-state index in [1.165, 1.54) is 51.4 Å². The standard InChI is InChI=1S/C51H85NO8/c1-3-5-7-9-10-11-12-13-14-15-16-17-18-19-20-21-22-23-24-25-26-27-28-29-30-31-32-33-34-35-36-37-39-41-47(55)52-44(45(54)40-38-8-6-4-2)43-59-51-50(58)49(57)48(56)46(42-53)60-51/h5,7,10-11,13-14,16-17,19-20,22-23,25-26,38,40,44-46,48-51,53-54,56-58H,3-4,6,8-9,12,15,18,21,24,27-37,39,41-43H2,1-2H3,(H,52,55)/b7-5-,11-10-,14-13-,17-16-,20-19-,23-22-,26-25-,40-38+. The van der Waals surface area contributed by atoms with Gasteiger partial charge in [0.15, 0.2) is 6.29 Å². The summed E-state index contributed by atoms with van der Waals surface area (Å²) in [5, 5.41) is 53.6. The average molecular weight is 840 g/mol. The summed E-state index contributed by atoms with van der Waals surface area (Å²) in [6.45, 7) is 3.47. The molecular weight excluding hydrogens is 755 g/mol. The van der Waals surface area contributed by atoms with Crippen LogP contribution in [0, 0.1) is 0 Å². The van der Waals surface area contributed by atoms with Gasteiger partial charge in [0.1, 0.15) is 24.4 Å². The summed E-state index contributed by atoms with van der Waals surface area (Å²) in [6.07, 6.45) is 51.1. The minimum atomic E-state index is -1.57. The Morgan fingerprint density at radius 1 is 0.583 bits per heavy atom. The Bertz CT molecular complexity index is 1250. The molecule has 6 N–H and O–H groups in total. The van der Waals surface area contributed by atoms with Crippen LogP contribution in [-0.2, 0) is 14.3 Å². The number of unbranched alkanes of at least 4 members (excludes halogenated alkanes) is 13. The molecule has 60 heavy (non-hydrogen) atoms. The van der Waals surface area contributed by atoms with E-state index in [1.807, 2.05) is 6.08 Å². The maximum atomic E-state index is 12.8. The molecule has 1 amide bonds. The maximum absolute atomic E-state index is 12.8. The summed E-state index contributed by atoms with van der Waals surface area (Å²) in [5.74, 6) is -0.196. The first-order chi connectivity index (χ1) is 29.3. The highest BCUT2D eigenvalue weighted by atomic mass is 16.7. The highest BCUT2D eigenvalue weighted by molar-refractivity contribution is 5.76. The third-order valence-corrected chi connectivity index (χ3v) is 10.4. The first-order valence-corrected chi connectivity index (χ1v) is 23.5. The van der Waals surface area contributed by atoms with E-state index in [2.05, 4.69) is 104 Å². The summed E-state index contributed by atoms with van der Waals surface area (Å²) in [6, 6.07) is -0.807. The number of hydrogen-bond acceptors (Lipinski definition) is 8. The number of aliphatic hydroxyl groups excluding tert-OH is 5. The van der Waals surface area contributed by atoms with Crippen molar-refractivity contribution in [2.24, 2.45) is 0 Å². The number of allylic oxidation sites excluding steroid dienone is 15. The molecule has 1 aliphatic rings. The zero-order valence-electron chi connectivity index (χ0n) is 37.4. The van der Waals surface area contributed by atoms with Gasteiger partial charge in [-0.3, -0.25) is 4.79 Å². The van der Waals surface area contributed by atoms with Crippen LogP contribution in [0.4, 0.5) is 0 Å². The number of ether oxygens (including phenoxy) is 2. The molecule has 1 aliphatic heterocycles. The third-order valence-electron chi connectivity index (χ3n) is 10.4. The number of carbonyl (C=O) groups excluding carboxylic acids is 1. The molecule has 0 saturated carbocycles. The summed E-state index contributed by atoms with van der Waals surface area (Å²) < 4.78 is 11.1. The number of nitrogens with one attached hydrogen (secondary N) is 1. The quantitative estimate of drug-likeness (QED) is 0.0268. The van der Waals surface area contributed by atoms with Gasteiger partial charge in [-0.05, 0) is 70.6 Å². The zero-order chi connectivity index (χ0) is 43.7. The van der Waals surface area contributed by atoms with E-state index < -0.39 is 49.5 Å². The molecule has 0 aliphatic carbocycles. The molecule has 7 atom stereocenters. The van der Waals surface area contributed by atoms with Gasteiger partial charge in [0.2, 0.25) is 5.91 Å². The molecule has 7 unspecified atom stereocenters.